The van der Waals surface area contributed by atoms with Crippen LogP contribution < -0.4 is 0 Å². The summed E-state index contributed by atoms with van der Waals surface area (Å²) in [6.45, 7) is 5.04. The van der Waals surface area contributed by atoms with Crippen LogP contribution in [0.1, 0.15) is 28.0 Å². The van der Waals surface area contributed by atoms with Gasteiger partial charge >= 0.3 is 0 Å². The minimum absolute atomic E-state index is 0.210. The van der Waals surface area contributed by atoms with E-state index in [0.717, 1.165) is 22.8 Å². The van der Waals surface area contributed by atoms with E-state index in [1.807, 2.05) is 25.4 Å². The summed E-state index contributed by atoms with van der Waals surface area (Å²) >= 11 is 1.54. The van der Waals surface area contributed by atoms with E-state index < -0.39 is 5.82 Å². The largest absolute Gasteiger partial charge is 0.336 e. The number of halogens is 1. The molecule has 4 rings (SSSR count). The molecule has 1 aromatic carbocycles. The molecule has 3 heterocycles. The molecule has 148 valence electrons. The van der Waals surface area contributed by atoms with Crippen molar-refractivity contribution in [3.05, 3.63) is 64.1 Å². The zero-order chi connectivity index (χ0) is 20.5. The van der Waals surface area contributed by atoms with Crippen molar-refractivity contribution in [1.82, 2.24) is 24.6 Å². The van der Waals surface area contributed by atoms with Gasteiger partial charge in [0.2, 0.25) is 0 Å². The van der Waals surface area contributed by atoms with E-state index in [1.54, 1.807) is 46.3 Å². The molecule has 0 aliphatic heterocycles. The second kappa shape index (κ2) is 7.71. The summed E-state index contributed by atoms with van der Waals surface area (Å²) in [6.07, 6.45) is 3.60. The van der Waals surface area contributed by atoms with Gasteiger partial charge in [-0.15, -0.1) is 11.3 Å². The highest BCUT2D eigenvalue weighted by atomic mass is 32.1. The summed E-state index contributed by atoms with van der Waals surface area (Å²) < 4.78 is 15.7. The predicted molar refractivity (Wildman–Crippen MR) is 111 cm³/mol. The van der Waals surface area contributed by atoms with Gasteiger partial charge in [-0.2, -0.15) is 5.10 Å². The maximum absolute atomic E-state index is 13.9. The topological polar surface area (TPSA) is 63.9 Å². The van der Waals surface area contributed by atoms with Crippen LogP contribution in [0, 0.1) is 12.7 Å². The summed E-state index contributed by atoms with van der Waals surface area (Å²) in [5, 5.41) is 7.67. The van der Waals surface area contributed by atoms with Gasteiger partial charge in [0.1, 0.15) is 5.82 Å². The van der Waals surface area contributed by atoms with Crippen LogP contribution in [0.2, 0.25) is 0 Å². The van der Waals surface area contributed by atoms with E-state index in [4.69, 9.17) is 0 Å². The molecular formula is C21H20FN5OS. The lowest BCUT2D eigenvalue weighted by atomic mass is 10.0. The maximum Gasteiger partial charge on any atom is 0.254 e. The second-order valence-electron chi connectivity index (χ2n) is 6.82. The molecule has 8 heteroatoms. The molecular weight excluding hydrogens is 389 g/mol. The van der Waals surface area contributed by atoms with Crippen molar-refractivity contribution in [2.75, 3.05) is 7.05 Å². The number of carbonyl (C=O) groups excluding carboxylic acids is 1. The Bertz CT molecular complexity index is 1200. The normalized spacial score (nSPS) is 11.2. The van der Waals surface area contributed by atoms with Gasteiger partial charge in [-0.1, -0.05) is 0 Å². The molecule has 0 saturated heterocycles. The van der Waals surface area contributed by atoms with Gasteiger partial charge in [0.15, 0.2) is 0 Å². The fourth-order valence-corrected chi connectivity index (χ4v) is 3.80. The number of carbonyl (C=O) groups is 1. The third kappa shape index (κ3) is 3.88. The molecule has 0 aliphatic carbocycles. The predicted octanol–water partition coefficient (Wildman–Crippen LogP) is 4.29. The summed E-state index contributed by atoms with van der Waals surface area (Å²) in [5.74, 6) is -0.615. The monoisotopic (exact) mass is 409 g/mol. The quantitative estimate of drug-likeness (QED) is 0.493. The van der Waals surface area contributed by atoms with Gasteiger partial charge in [-0.3, -0.25) is 9.48 Å². The molecule has 29 heavy (non-hydrogen) atoms. The standard InChI is InChI=1S/C21H20FN5OS/c1-4-27-10-14(9-23-27)20-8-18(17-7-15(22)5-6-19(17)25-20)21(28)26(3)11-16-12-29-13(2)24-16/h5-10,12H,4,11H2,1-3H3. The fraction of sp³-hybridized carbons (Fsp3) is 0.238. The number of thiazole rings is 1. The molecule has 0 aliphatic rings. The number of rotatable bonds is 5. The van der Waals surface area contributed by atoms with Crippen LogP contribution >= 0.6 is 11.3 Å². The minimum Gasteiger partial charge on any atom is -0.336 e. The first-order chi connectivity index (χ1) is 13.9. The molecule has 0 fully saturated rings. The third-order valence-electron chi connectivity index (χ3n) is 4.67. The number of hydrogen-bond acceptors (Lipinski definition) is 5. The van der Waals surface area contributed by atoms with E-state index in [9.17, 15) is 9.18 Å². The van der Waals surface area contributed by atoms with Crippen molar-refractivity contribution in [3.63, 3.8) is 0 Å². The lowest BCUT2D eigenvalue weighted by molar-refractivity contribution is 0.0785. The van der Waals surface area contributed by atoms with E-state index in [-0.39, 0.29) is 5.91 Å². The molecule has 1 amide bonds. The van der Waals surface area contributed by atoms with Gasteiger partial charge in [0, 0.05) is 36.1 Å². The van der Waals surface area contributed by atoms with Crippen LogP contribution in [0.5, 0.6) is 0 Å². The van der Waals surface area contributed by atoms with Crippen molar-refractivity contribution in [2.45, 2.75) is 26.9 Å². The highest BCUT2D eigenvalue weighted by molar-refractivity contribution is 7.09. The SMILES string of the molecule is CCn1cc(-c2cc(C(=O)N(C)Cc3csc(C)n3)c3cc(F)ccc3n2)cn1. The van der Waals surface area contributed by atoms with Crippen molar-refractivity contribution >= 4 is 28.1 Å². The highest BCUT2D eigenvalue weighted by Gasteiger charge is 2.19. The van der Waals surface area contributed by atoms with Crippen LogP contribution in [0.25, 0.3) is 22.2 Å². The first-order valence-corrected chi connectivity index (χ1v) is 10.1. The maximum atomic E-state index is 13.9. The molecule has 3 aromatic heterocycles. The number of aryl methyl sites for hydroxylation is 2. The van der Waals surface area contributed by atoms with Crippen molar-refractivity contribution < 1.29 is 9.18 Å². The number of amides is 1. The Balaban J connectivity index is 1.78. The van der Waals surface area contributed by atoms with Crippen molar-refractivity contribution in [2.24, 2.45) is 0 Å². The Morgan fingerprint density at radius 2 is 2.10 bits per heavy atom. The molecule has 0 radical (unpaired) electrons. The highest BCUT2D eigenvalue weighted by Crippen LogP contribution is 2.26. The average Bonchev–Trinajstić information content (AvgIpc) is 3.35. The van der Waals surface area contributed by atoms with Gasteiger partial charge < -0.3 is 4.90 Å². The number of benzene rings is 1. The Morgan fingerprint density at radius 1 is 1.28 bits per heavy atom. The molecule has 0 unspecified atom stereocenters. The van der Waals surface area contributed by atoms with Gasteiger partial charge in [-0.05, 0) is 38.1 Å². The molecule has 6 nitrogen and oxygen atoms in total. The Labute approximate surface area is 171 Å². The molecule has 0 saturated carbocycles. The smallest absolute Gasteiger partial charge is 0.254 e. The summed E-state index contributed by atoms with van der Waals surface area (Å²) in [4.78, 5) is 23.9. The summed E-state index contributed by atoms with van der Waals surface area (Å²) in [5.41, 5.74) is 3.24. The molecule has 0 N–H and O–H groups in total. The molecule has 0 bridgehead atoms. The van der Waals surface area contributed by atoms with Crippen LogP contribution in [0.15, 0.2) is 42.0 Å². The van der Waals surface area contributed by atoms with E-state index in [2.05, 4.69) is 15.1 Å². The van der Waals surface area contributed by atoms with Gasteiger partial charge in [0.05, 0.1) is 40.2 Å². The first kappa shape index (κ1) is 19.2. The lowest BCUT2D eigenvalue weighted by Crippen LogP contribution is -2.26. The van der Waals surface area contributed by atoms with Crippen molar-refractivity contribution in [1.29, 1.82) is 0 Å². The molecule has 4 aromatic rings. The average molecular weight is 409 g/mol. The van der Waals surface area contributed by atoms with Crippen LogP contribution in [0.3, 0.4) is 0 Å². The Kier molecular flexibility index (Phi) is 5.10. The zero-order valence-corrected chi connectivity index (χ0v) is 17.2. The number of aromatic nitrogens is 4. The van der Waals surface area contributed by atoms with E-state index in [0.29, 0.717) is 28.7 Å². The Morgan fingerprint density at radius 3 is 2.79 bits per heavy atom. The van der Waals surface area contributed by atoms with Crippen LogP contribution in [0.4, 0.5) is 4.39 Å². The van der Waals surface area contributed by atoms with Gasteiger partial charge in [-0.25, -0.2) is 14.4 Å². The van der Waals surface area contributed by atoms with Crippen LogP contribution in [-0.2, 0) is 13.1 Å². The van der Waals surface area contributed by atoms with Crippen molar-refractivity contribution in [3.8, 4) is 11.3 Å². The Hall–Kier alpha value is -3.13. The van der Waals surface area contributed by atoms with Crippen LogP contribution in [-0.4, -0.2) is 37.6 Å². The van der Waals surface area contributed by atoms with Gasteiger partial charge in [0.25, 0.3) is 5.91 Å². The molecule has 0 atom stereocenters. The third-order valence-corrected chi connectivity index (χ3v) is 5.49. The number of nitrogens with zero attached hydrogens (tertiary/aromatic N) is 5. The second-order valence-corrected chi connectivity index (χ2v) is 7.88. The first-order valence-electron chi connectivity index (χ1n) is 9.24. The summed E-state index contributed by atoms with van der Waals surface area (Å²) in [7, 11) is 1.72. The number of fused-ring (bicyclic) bond motifs is 1. The minimum atomic E-state index is -0.405. The fourth-order valence-electron chi connectivity index (χ4n) is 3.19. The zero-order valence-electron chi connectivity index (χ0n) is 16.4. The summed E-state index contributed by atoms with van der Waals surface area (Å²) in [6, 6.07) is 6.02. The number of hydrogen-bond donors (Lipinski definition) is 0. The molecule has 0 spiro atoms. The number of pyridine rings is 1. The van der Waals surface area contributed by atoms with E-state index >= 15 is 0 Å². The lowest BCUT2D eigenvalue weighted by Gasteiger charge is -2.18. The van der Waals surface area contributed by atoms with E-state index in [1.165, 1.54) is 12.1 Å².